The van der Waals surface area contributed by atoms with Crippen molar-refractivity contribution >= 4 is 45.9 Å². The van der Waals surface area contributed by atoms with Gasteiger partial charge >= 0.3 is 0 Å². The van der Waals surface area contributed by atoms with E-state index in [4.69, 9.17) is 35.5 Å². The van der Waals surface area contributed by atoms with Gasteiger partial charge in [-0.1, -0.05) is 42.4 Å². The number of anilines is 1. The lowest BCUT2D eigenvalue weighted by molar-refractivity contribution is -0.115. The van der Waals surface area contributed by atoms with Crippen molar-refractivity contribution < 1.29 is 23.7 Å². The lowest BCUT2D eigenvalue weighted by Gasteiger charge is -2.19. The predicted octanol–water partition coefficient (Wildman–Crippen LogP) is 5.64. The summed E-state index contributed by atoms with van der Waals surface area (Å²) in [6.07, 6.45) is 0.474. The zero-order valence-corrected chi connectivity index (χ0v) is 24.4. The van der Waals surface area contributed by atoms with Crippen molar-refractivity contribution in [2.24, 2.45) is 0 Å². The number of aromatic nitrogens is 2. The Bertz CT molecular complexity index is 1580. The summed E-state index contributed by atoms with van der Waals surface area (Å²) in [5, 5.41) is 3.56. The molecule has 0 saturated carbocycles. The Balaban J connectivity index is 1.77. The standard InChI is InChI=1S/C29H30ClN3O6S/c1-6-26(27(34)31-22-13-18(30)9-12-23(22)37-3)40-29-32-21-15-25(39-5)24(38-4)14-20(21)28(35)33(29)16-17-7-10-19(36-2)11-8-17/h7-15,26H,6,16H2,1-5H3,(H,31,34). The molecule has 11 heteroatoms. The summed E-state index contributed by atoms with van der Waals surface area (Å²) in [6, 6.07) is 15.7. The Morgan fingerprint density at radius 1 is 0.950 bits per heavy atom. The maximum absolute atomic E-state index is 13.9. The molecule has 1 unspecified atom stereocenters. The molecule has 4 aromatic rings. The van der Waals surface area contributed by atoms with Crippen LogP contribution in [0.25, 0.3) is 10.9 Å². The van der Waals surface area contributed by atoms with Crippen LogP contribution in [0.5, 0.6) is 23.0 Å². The minimum absolute atomic E-state index is 0.239. The second-order valence-electron chi connectivity index (χ2n) is 8.71. The molecule has 0 radical (unpaired) electrons. The van der Waals surface area contributed by atoms with Gasteiger partial charge in [0.05, 0.1) is 56.8 Å². The number of methoxy groups -OCH3 is 4. The minimum atomic E-state index is -0.574. The van der Waals surface area contributed by atoms with Gasteiger partial charge in [-0.25, -0.2) is 4.98 Å². The highest BCUT2D eigenvalue weighted by atomic mass is 35.5. The number of fused-ring (bicyclic) bond motifs is 1. The van der Waals surface area contributed by atoms with Gasteiger partial charge in [-0.05, 0) is 48.4 Å². The van der Waals surface area contributed by atoms with Crippen molar-refractivity contribution in [2.45, 2.75) is 30.3 Å². The van der Waals surface area contributed by atoms with E-state index in [9.17, 15) is 9.59 Å². The van der Waals surface area contributed by atoms with Gasteiger partial charge in [0.25, 0.3) is 5.56 Å². The molecule has 0 aliphatic heterocycles. The van der Waals surface area contributed by atoms with Gasteiger partial charge in [-0.2, -0.15) is 0 Å². The molecule has 4 rings (SSSR count). The third kappa shape index (κ3) is 6.29. The topological polar surface area (TPSA) is 101 Å². The maximum atomic E-state index is 13.9. The first-order chi connectivity index (χ1) is 19.3. The van der Waals surface area contributed by atoms with Crippen LogP contribution in [0.2, 0.25) is 5.02 Å². The fourth-order valence-corrected chi connectivity index (χ4v) is 5.30. The van der Waals surface area contributed by atoms with Gasteiger partial charge in [0.1, 0.15) is 11.5 Å². The Labute approximate surface area is 241 Å². The molecule has 9 nitrogen and oxygen atoms in total. The smallest absolute Gasteiger partial charge is 0.262 e. The highest BCUT2D eigenvalue weighted by Gasteiger charge is 2.24. The number of ether oxygens (including phenoxy) is 4. The fraction of sp³-hybridized carbons (Fsp3) is 0.276. The van der Waals surface area contributed by atoms with Crippen LogP contribution in [-0.4, -0.2) is 49.1 Å². The van der Waals surface area contributed by atoms with E-state index < -0.39 is 5.25 Å². The lowest BCUT2D eigenvalue weighted by atomic mass is 10.2. The third-order valence-corrected chi connectivity index (χ3v) is 7.84. The van der Waals surface area contributed by atoms with Crippen molar-refractivity contribution in [1.29, 1.82) is 0 Å². The van der Waals surface area contributed by atoms with E-state index in [2.05, 4.69) is 5.32 Å². The Morgan fingerprint density at radius 3 is 2.25 bits per heavy atom. The van der Waals surface area contributed by atoms with Gasteiger partial charge in [0.15, 0.2) is 16.7 Å². The molecule has 40 heavy (non-hydrogen) atoms. The third-order valence-electron chi connectivity index (χ3n) is 6.25. The number of hydrogen-bond acceptors (Lipinski definition) is 8. The van der Waals surface area contributed by atoms with E-state index in [1.54, 1.807) is 42.0 Å². The molecule has 0 aliphatic rings. The minimum Gasteiger partial charge on any atom is -0.497 e. The van der Waals surface area contributed by atoms with E-state index >= 15 is 0 Å². The summed E-state index contributed by atoms with van der Waals surface area (Å²) < 4.78 is 23.1. The first-order valence-electron chi connectivity index (χ1n) is 12.4. The van der Waals surface area contributed by atoms with E-state index in [1.807, 2.05) is 31.2 Å². The zero-order chi connectivity index (χ0) is 28.8. The molecule has 0 spiro atoms. The number of nitrogens with zero attached hydrogens (tertiary/aromatic N) is 2. The number of benzene rings is 3. The molecule has 210 valence electrons. The summed E-state index contributed by atoms with van der Waals surface area (Å²) in [4.78, 5) is 32.1. The molecule has 1 heterocycles. The van der Waals surface area contributed by atoms with Gasteiger partial charge in [0, 0.05) is 11.1 Å². The molecule has 0 saturated heterocycles. The SMILES string of the molecule is CCC(Sc1nc2cc(OC)c(OC)cc2c(=O)n1Cc1ccc(OC)cc1)C(=O)Nc1cc(Cl)ccc1OC. The Hall–Kier alpha value is -3.89. The van der Waals surface area contributed by atoms with Gasteiger partial charge in [-0.3, -0.25) is 14.2 Å². The second-order valence-corrected chi connectivity index (χ2v) is 10.3. The molecule has 1 atom stereocenters. The van der Waals surface area contributed by atoms with Crippen molar-refractivity contribution in [3.05, 3.63) is 75.5 Å². The second kappa shape index (κ2) is 13.0. The van der Waals surface area contributed by atoms with E-state index in [0.29, 0.717) is 56.2 Å². The van der Waals surface area contributed by atoms with E-state index in [-0.39, 0.29) is 18.0 Å². The highest BCUT2D eigenvalue weighted by molar-refractivity contribution is 8.00. The molecule has 0 aliphatic carbocycles. The number of nitrogens with one attached hydrogen (secondary N) is 1. The zero-order valence-electron chi connectivity index (χ0n) is 22.8. The Kier molecular flexibility index (Phi) is 9.44. The van der Waals surface area contributed by atoms with Crippen LogP contribution in [0.3, 0.4) is 0 Å². The molecule has 3 aromatic carbocycles. The summed E-state index contributed by atoms with van der Waals surface area (Å²) in [7, 11) is 6.14. The number of carbonyl (C=O) groups is 1. The largest absolute Gasteiger partial charge is 0.497 e. The van der Waals surface area contributed by atoms with Crippen molar-refractivity contribution in [2.75, 3.05) is 33.8 Å². The molecular weight excluding hydrogens is 554 g/mol. The van der Waals surface area contributed by atoms with Gasteiger partial charge < -0.3 is 24.3 Å². The van der Waals surface area contributed by atoms with Crippen LogP contribution < -0.4 is 29.8 Å². The quantitative estimate of drug-likeness (QED) is 0.179. The van der Waals surface area contributed by atoms with Gasteiger partial charge in [0.2, 0.25) is 5.91 Å². The average molecular weight is 584 g/mol. The Morgan fingerprint density at radius 2 is 1.62 bits per heavy atom. The number of hydrogen-bond donors (Lipinski definition) is 1. The maximum Gasteiger partial charge on any atom is 0.262 e. The normalized spacial score (nSPS) is 11.7. The molecule has 1 N–H and O–H groups in total. The van der Waals surface area contributed by atoms with Crippen LogP contribution >= 0.6 is 23.4 Å². The molecule has 1 aromatic heterocycles. The lowest BCUT2D eigenvalue weighted by Crippen LogP contribution is -2.28. The predicted molar refractivity (Wildman–Crippen MR) is 158 cm³/mol. The van der Waals surface area contributed by atoms with Crippen LogP contribution in [0.15, 0.2) is 64.5 Å². The molecule has 1 amide bonds. The van der Waals surface area contributed by atoms with Crippen LogP contribution in [0.1, 0.15) is 18.9 Å². The molecule has 0 fully saturated rings. The van der Waals surface area contributed by atoms with Crippen LogP contribution in [-0.2, 0) is 11.3 Å². The number of carbonyl (C=O) groups excluding carboxylic acids is 1. The fourth-order valence-electron chi connectivity index (χ4n) is 4.11. The van der Waals surface area contributed by atoms with Crippen molar-refractivity contribution in [3.8, 4) is 23.0 Å². The summed E-state index contributed by atoms with van der Waals surface area (Å²) in [6.45, 7) is 2.13. The van der Waals surface area contributed by atoms with Gasteiger partial charge in [-0.15, -0.1) is 0 Å². The van der Waals surface area contributed by atoms with E-state index in [1.165, 1.54) is 33.1 Å². The number of halogens is 1. The average Bonchev–Trinajstić information content (AvgIpc) is 2.97. The van der Waals surface area contributed by atoms with E-state index in [0.717, 1.165) is 5.56 Å². The van der Waals surface area contributed by atoms with Crippen molar-refractivity contribution in [1.82, 2.24) is 9.55 Å². The molecule has 0 bridgehead atoms. The number of thioether (sulfide) groups is 1. The monoisotopic (exact) mass is 583 g/mol. The molecular formula is C29H30ClN3O6S. The summed E-state index contributed by atoms with van der Waals surface area (Å²) in [5.41, 5.74) is 1.49. The highest BCUT2D eigenvalue weighted by Crippen LogP contribution is 2.33. The van der Waals surface area contributed by atoms with Crippen LogP contribution in [0.4, 0.5) is 5.69 Å². The number of amides is 1. The first kappa shape index (κ1) is 29.1. The van der Waals surface area contributed by atoms with Crippen LogP contribution in [0, 0.1) is 0 Å². The number of rotatable bonds is 11. The summed E-state index contributed by atoms with van der Waals surface area (Å²) in [5.74, 6) is 1.79. The summed E-state index contributed by atoms with van der Waals surface area (Å²) >= 11 is 7.36. The first-order valence-corrected chi connectivity index (χ1v) is 13.7. The van der Waals surface area contributed by atoms with Crippen molar-refractivity contribution in [3.63, 3.8) is 0 Å².